The SMILES string of the molecule is CN(C)C(=O)CO[C@@H]1CSC2(C1)CN(C(=O)[C@@H]1Cc3ccccc3O1)C2. The van der Waals surface area contributed by atoms with Gasteiger partial charge in [-0.2, -0.15) is 0 Å². The molecular weight excluding hydrogens is 352 g/mol. The summed E-state index contributed by atoms with van der Waals surface area (Å²) in [5.74, 6) is 1.78. The minimum absolute atomic E-state index is 0.0145. The van der Waals surface area contributed by atoms with Gasteiger partial charge in [0.25, 0.3) is 5.91 Å². The summed E-state index contributed by atoms with van der Waals surface area (Å²) in [7, 11) is 3.46. The van der Waals surface area contributed by atoms with Crippen LogP contribution in [-0.2, 0) is 20.7 Å². The summed E-state index contributed by atoms with van der Waals surface area (Å²) in [5.41, 5.74) is 1.11. The number of rotatable bonds is 4. The average Bonchev–Trinajstić information content (AvgIpc) is 3.21. The van der Waals surface area contributed by atoms with Crippen molar-refractivity contribution in [3.63, 3.8) is 0 Å². The second kappa shape index (κ2) is 6.78. The maximum Gasteiger partial charge on any atom is 0.264 e. The van der Waals surface area contributed by atoms with Crippen LogP contribution in [0.15, 0.2) is 24.3 Å². The summed E-state index contributed by atoms with van der Waals surface area (Å²) < 4.78 is 11.7. The van der Waals surface area contributed by atoms with E-state index in [0.29, 0.717) is 6.42 Å². The summed E-state index contributed by atoms with van der Waals surface area (Å²) in [6.07, 6.45) is 1.26. The lowest BCUT2D eigenvalue weighted by Gasteiger charge is -2.48. The third kappa shape index (κ3) is 3.30. The van der Waals surface area contributed by atoms with E-state index < -0.39 is 0 Å². The van der Waals surface area contributed by atoms with E-state index in [0.717, 1.165) is 36.6 Å². The molecule has 2 saturated heterocycles. The predicted molar refractivity (Wildman–Crippen MR) is 99.4 cm³/mol. The van der Waals surface area contributed by atoms with E-state index >= 15 is 0 Å². The molecule has 3 heterocycles. The molecule has 0 saturated carbocycles. The van der Waals surface area contributed by atoms with Crippen molar-refractivity contribution in [1.82, 2.24) is 9.80 Å². The van der Waals surface area contributed by atoms with E-state index in [2.05, 4.69) is 0 Å². The van der Waals surface area contributed by atoms with Crippen molar-refractivity contribution >= 4 is 23.6 Å². The van der Waals surface area contributed by atoms with Crippen LogP contribution < -0.4 is 4.74 Å². The van der Waals surface area contributed by atoms with Crippen molar-refractivity contribution < 1.29 is 19.1 Å². The first kappa shape index (κ1) is 17.7. The maximum absolute atomic E-state index is 12.7. The molecule has 0 unspecified atom stereocenters. The molecule has 1 spiro atoms. The fourth-order valence-corrected chi connectivity index (χ4v) is 5.33. The summed E-state index contributed by atoms with van der Waals surface area (Å²) >= 11 is 1.87. The molecule has 6 nitrogen and oxygen atoms in total. The number of fused-ring (bicyclic) bond motifs is 1. The first-order valence-electron chi connectivity index (χ1n) is 8.95. The van der Waals surface area contributed by atoms with Crippen LogP contribution in [0.5, 0.6) is 5.75 Å². The smallest absolute Gasteiger partial charge is 0.264 e. The van der Waals surface area contributed by atoms with Crippen LogP contribution in [0.4, 0.5) is 0 Å². The Bertz CT molecular complexity index is 692. The van der Waals surface area contributed by atoms with Crippen LogP contribution in [0.2, 0.25) is 0 Å². The number of hydrogen-bond acceptors (Lipinski definition) is 5. The predicted octanol–water partition coefficient (Wildman–Crippen LogP) is 1.18. The van der Waals surface area contributed by atoms with Crippen LogP contribution in [0.1, 0.15) is 12.0 Å². The lowest BCUT2D eigenvalue weighted by Crippen LogP contribution is -2.63. The van der Waals surface area contributed by atoms with Crippen LogP contribution >= 0.6 is 11.8 Å². The molecule has 4 rings (SSSR count). The van der Waals surface area contributed by atoms with Crippen LogP contribution in [0.25, 0.3) is 0 Å². The van der Waals surface area contributed by atoms with Gasteiger partial charge in [0.2, 0.25) is 5.91 Å². The van der Waals surface area contributed by atoms with Gasteiger partial charge in [0.05, 0.1) is 10.9 Å². The van der Waals surface area contributed by atoms with Gasteiger partial charge in [0.1, 0.15) is 12.4 Å². The molecule has 0 N–H and O–H groups in total. The van der Waals surface area contributed by atoms with E-state index in [1.165, 1.54) is 0 Å². The molecule has 2 amide bonds. The summed E-state index contributed by atoms with van der Waals surface area (Å²) in [6.45, 7) is 1.62. The van der Waals surface area contributed by atoms with Crippen molar-refractivity contribution in [3.05, 3.63) is 29.8 Å². The quantitative estimate of drug-likeness (QED) is 0.790. The van der Waals surface area contributed by atoms with Crippen molar-refractivity contribution in [2.75, 3.05) is 39.5 Å². The lowest BCUT2D eigenvalue weighted by molar-refractivity contribution is -0.143. The Morgan fingerprint density at radius 3 is 2.85 bits per heavy atom. The van der Waals surface area contributed by atoms with Crippen LogP contribution in [0.3, 0.4) is 0 Å². The van der Waals surface area contributed by atoms with Gasteiger partial charge in [-0.3, -0.25) is 9.59 Å². The van der Waals surface area contributed by atoms with Gasteiger partial charge in [0, 0.05) is 39.4 Å². The number of likely N-dealkylation sites (tertiary alicyclic amines) is 1. The Hall–Kier alpha value is -1.73. The van der Waals surface area contributed by atoms with Gasteiger partial charge in [-0.15, -0.1) is 11.8 Å². The molecule has 0 bridgehead atoms. The highest BCUT2D eigenvalue weighted by atomic mass is 32.2. The van der Waals surface area contributed by atoms with Gasteiger partial charge in [-0.05, 0) is 18.1 Å². The fourth-order valence-electron chi connectivity index (χ4n) is 3.78. The van der Waals surface area contributed by atoms with E-state index in [1.807, 2.05) is 40.9 Å². The number of carbonyl (C=O) groups excluding carboxylic acids is 2. The first-order chi connectivity index (χ1) is 12.5. The number of thioether (sulfide) groups is 1. The number of para-hydroxylation sites is 1. The van der Waals surface area contributed by atoms with Crippen molar-refractivity contribution in [2.45, 2.75) is 29.8 Å². The van der Waals surface area contributed by atoms with Gasteiger partial charge >= 0.3 is 0 Å². The zero-order valence-corrected chi connectivity index (χ0v) is 16.0. The third-order valence-corrected chi connectivity index (χ3v) is 6.88. The van der Waals surface area contributed by atoms with E-state index in [1.54, 1.807) is 19.0 Å². The number of nitrogens with zero attached hydrogens (tertiary/aromatic N) is 2. The van der Waals surface area contributed by atoms with E-state index in [9.17, 15) is 9.59 Å². The highest BCUT2D eigenvalue weighted by molar-refractivity contribution is 8.01. The van der Waals surface area contributed by atoms with Gasteiger partial charge < -0.3 is 19.3 Å². The monoisotopic (exact) mass is 376 g/mol. The topological polar surface area (TPSA) is 59.1 Å². The van der Waals surface area contributed by atoms with Gasteiger partial charge in [-0.1, -0.05) is 18.2 Å². The number of benzene rings is 1. The Morgan fingerprint density at radius 2 is 2.12 bits per heavy atom. The van der Waals surface area contributed by atoms with Crippen molar-refractivity contribution in [2.24, 2.45) is 0 Å². The molecule has 0 aromatic heterocycles. The molecule has 2 atom stereocenters. The first-order valence-corrected chi connectivity index (χ1v) is 9.93. The van der Waals surface area contributed by atoms with Crippen LogP contribution in [0, 0.1) is 0 Å². The number of carbonyl (C=O) groups is 2. The number of hydrogen-bond donors (Lipinski definition) is 0. The molecule has 3 aliphatic rings. The number of ether oxygens (including phenoxy) is 2. The Labute approximate surface area is 157 Å². The Kier molecular flexibility index (Phi) is 4.61. The summed E-state index contributed by atoms with van der Waals surface area (Å²) in [6, 6.07) is 7.85. The molecule has 140 valence electrons. The van der Waals surface area contributed by atoms with Crippen LogP contribution in [-0.4, -0.2) is 78.1 Å². The summed E-state index contributed by atoms with van der Waals surface area (Å²) in [5, 5.41) is 0. The van der Waals surface area contributed by atoms with Crippen molar-refractivity contribution in [3.8, 4) is 5.75 Å². The zero-order chi connectivity index (χ0) is 18.3. The third-order valence-electron chi connectivity index (χ3n) is 5.31. The largest absolute Gasteiger partial charge is 0.480 e. The molecule has 26 heavy (non-hydrogen) atoms. The number of likely N-dealkylation sites (N-methyl/N-ethyl adjacent to an activating group) is 1. The fraction of sp³-hybridized carbons (Fsp3) is 0.579. The molecule has 2 fully saturated rings. The summed E-state index contributed by atoms with van der Waals surface area (Å²) in [4.78, 5) is 27.8. The Balaban J connectivity index is 1.25. The normalized spacial score (nSPS) is 25.5. The second-order valence-corrected chi connectivity index (χ2v) is 9.02. The maximum atomic E-state index is 12.7. The molecular formula is C19H24N2O4S. The molecule has 3 aliphatic heterocycles. The van der Waals surface area contributed by atoms with E-state index in [-0.39, 0.29) is 35.4 Å². The van der Waals surface area contributed by atoms with Gasteiger partial charge in [0.15, 0.2) is 6.10 Å². The average molecular weight is 376 g/mol. The highest BCUT2D eigenvalue weighted by Gasteiger charge is 2.52. The van der Waals surface area contributed by atoms with Crippen molar-refractivity contribution in [1.29, 1.82) is 0 Å². The van der Waals surface area contributed by atoms with E-state index in [4.69, 9.17) is 9.47 Å². The number of amides is 2. The van der Waals surface area contributed by atoms with Gasteiger partial charge in [-0.25, -0.2) is 0 Å². The highest BCUT2D eigenvalue weighted by Crippen LogP contribution is 2.46. The minimum atomic E-state index is -0.388. The molecule has 1 aromatic carbocycles. The standard InChI is InChI=1S/C19H24N2O4S/c1-20(2)17(22)9-24-14-8-19(26-10-14)11-21(12-19)18(23)16-7-13-5-3-4-6-15(13)25-16/h3-6,14,16H,7-12H2,1-2H3/t14-,16-/m0/s1. The second-order valence-electron chi connectivity index (χ2n) is 7.53. The molecule has 7 heteroatoms. The zero-order valence-electron chi connectivity index (χ0n) is 15.1. The molecule has 0 radical (unpaired) electrons. The lowest BCUT2D eigenvalue weighted by atomic mass is 9.92. The Morgan fingerprint density at radius 1 is 1.35 bits per heavy atom. The molecule has 0 aliphatic carbocycles. The minimum Gasteiger partial charge on any atom is -0.480 e. The molecule has 1 aromatic rings.